The molecule has 1 aliphatic carbocycles. The summed E-state index contributed by atoms with van der Waals surface area (Å²) in [6, 6.07) is 33.7. The topological polar surface area (TPSA) is 77.4 Å². The van der Waals surface area contributed by atoms with E-state index in [0.29, 0.717) is 30.4 Å². The van der Waals surface area contributed by atoms with Crippen LogP contribution in [0, 0.1) is 0 Å². The van der Waals surface area contributed by atoms with E-state index in [-0.39, 0.29) is 11.7 Å². The summed E-state index contributed by atoms with van der Waals surface area (Å²) in [5.74, 6) is 0.694. The number of oxime groups is 1. The number of aromatic hydroxyl groups is 1. The van der Waals surface area contributed by atoms with E-state index in [9.17, 15) is 9.90 Å². The van der Waals surface area contributed by atoms with Gasteiger partial charge in [0, 0.05) is 5.56 Å². The van der Waals surface area contributed by atoms with Crippen molar-refractivity contribution in [1.29, 1.82) is 0 Å². The van der Waals surface area contributed by atoms with Gasteiger partial charge in [-0.3, -0.25) is 4.79 Å². The Morgan fingerprint density at radius 2 is 1.32 bits per heavy atom. The van der Waals surface area contributed by atoms with Gasteiger partial charge in [0.25, 0.3) is 5.90 Å². The van der Waals surface area contributed by atoms with E-state index in [0.717, 1.165) is 48.8 Å². The maximum Gasteiger partial charge on any atom is 0.321 e. The molecule has 1 aliphatic rings. The van der Waals surface area contributed by atoms with Crippen molar-refractivity contribution in [3.05, 3.63) is 131 Å². The lowest BCUT2D eigenvalue weighted by Crippen LogP contribution is -2.41. The van der Waals surface area contributed by atoms with Crippen LogP contribution in [-0.2, 0) is 33.0 Å². The van der Waals surface area contributed by atoms with Gasteiger partial charge in [-0.1, -0.05) is 92.1 Å². The maximum absolute atomic E-state index is 13.6. The van der Waals surface area contributed by atoms with Gasteiger partial charge in [-0.2, -0.15) is 0 Å². The molecular weight excluding hydrogens is 502 g/mol. The van der Waals surface area contributed by atoms with Gasteiger partial charge in [0.1, 0.15) is 24.7 Å². The van der Waals surface area contributed by atoms with Gasteiger partial charge in [0.05, 0.1) is 5.41 Å². The van der Waals surface area contributed by atoms with Crippen LogP contribution in [0.2, 0.25) is 0 Å². The van der Waals surface area contributed by atoms with Crippen molar-refractivity contribution in [3.8, 4) is 11.5 Å². The van der Waals surface area contributed by atoms with E-state index in [1.165, 1.54) is 0 Å². The van der Waals surface area contributed by atoms with Crippen LogP contribution < -0.4 is 4.74 Å². The number of hydrogen-bond acceptors (Lipinski definition) is 6. The number of carbonyl (C=O) groups is 1. The average molecular weight is 536 g/mol. The molecule has 6 heteroatoms. The first-order valence-corrected chi connectivity index (χ1v) is 13.7. The monoisotopic (exact) mass is 535 g/mol. The van der Waals surface area contributed by atoms with Crippen LogP contribution >= 0.6 is 0 Å². The normalized spacial score (nSPS) is 14.8. The van der Waals surface area contributed by atoms with Crippen LogP contribution in [0.25, 0.3) is 0 Å². The standard InChI is InChI=1S/C34H33NO5/c36-30-18-16-29(17-19-30)34(22-8-3-9-23-34)33(37)40-31-20-14-28(15-21-31)32(38-24-26-10-4-1-5-11-26)35-39-25-27-12-6-2-7-13-27/h1-2,4-7,10-21,36H,3,8-9,22-25H2. The molecule has 0 heterocycles. The second kappa shape index (κ2) is 13.0. The largest absolute Gasteiger partial charge is 0.508 e. The molecule has 6 nitrogen and oxygen atoms in total. The maximum atomic E-state index is 13.6. The fourth-order valence-electron chi connectivity index (χ4n) is 5.04. The molecule has 204 valence electrons. The first-order valence-electron chi connectivity index (χ1n) is 13.7. The van der Waals surface area contributed by atoms with E-state index in [2.05, 4.69) is 5.16 Å². The Bertz CT molecular complexity index is 1390. The van der Waals surface area contributed by atoms with Gasteiger partial charge < -0.3 is 19.4 Å². The molecule has 4 aromatic carbocycles. The van der Waals surface area contributed by atoms with Crippen LogP contribution in [0.15, 0.2) is 114 Å². The summed E-state index contributed by atoms with van der Waals surface area (Å²) in [5, 5.41) is 14.0. The molecule has 4 aromatic rings. The molecule has 0 bridgehead atoms. The molecule has 1 saturated carbocycles. The van der Waals surface area contributed by atoms with Crippen molar-refractivity contribution in [1.82, 2.24) is 0 Å². The number of rotatable bonds is 9. The van der Waals surface area contributed by atoms with E-state index < -0.39 is 5.41 Å². The number of nitrogens with zero attached hydrogens (tertiary/aromatic N) is 1. The first kappa shape index (κ1) is 27.0. The highest BCUT2D eigenvalue weighted by atomic mass is 16.6. The van der Waals surface area contributed by atoms with Gasteiger partial charge in [-0.15, -0.1) is 0 Å². The molecule has 1 N–H and O–H groups in total. The molecule has 5 rings (SSSR count). The molecule has 0 unspecified atom stereocenters. The van der Waals surface area contributed by atoms with Gasteiger partial charge >= 0.3 is 5.97 Å². The number of benzene rings is 4. The molecule has 40 heavy (non-hydrogen) atoms. The van der Waals surface area contributed by atoms with Crippen molar-refractivity contribution in [2.75, 3.05) is 0 Å². The van der Waals surface area contributed by atoms with Crippen molar-refractivity contribution >= 4 is 11.9 Å². The Morgan fingerprint density at radius 1 is 0.725 bits per heavy atom. The molecule has 0 spiro atoms. The summed E-state index contributed by atoms with van der Waals surface area (Å²) in [5.41, 5.74) is 2.87. The third-order valence-electron chi connectivity index (χ3n) is 7.27. The Balaban J connectivity index is 1.32. The van der Waals surface area contributed by atoms with E-state index in [4.69, 9.17) is 14.3 Å². The van der Waals surface area contributed by atoms with Crippen molar-refractivity contribution in [2.24, 2.45) is 5.16 Å². The van der Waals surface area contributed by atoms with E-state index in [1.807, 2.05) is 84.9 Å². The summed E-state index contributed by atoms with van der Waals surface area (Å²) in [4.78, 5) is 19.2. The minimum atomic E-state index is -0.721. The fraction of sp³-hybridized carbons (Fsp3) is 0.235. The summed E-state index contributed by atoms with van der Waals surface area (Å²) in [6.45, 7) is 0.647. The number of hydrogen-bond donors (Lipinski definition) is 1. The number of carbonyl (C=O) groups excluding carboxylic acids is 1. The van der Waals surface area contributed by atoms with Crippen LogP contribution in [0.3, 0.4) is 0 Å². The predicted octanol–water partition coefficient (Wildman–Crippen LogP) is 7.29. The number of ether oxygens (including phenoxy) is 2. The second-order valence-corrected chi connectivity index (χ2v) is 10.0. The highest BCUT2D eigenvalue weighted by Gasteiger charge is 2.43. The molecule has 1 fully saturated rings. The lowest BCUT2D eigenvalue weighted by molar-refractivity contribution is -0.142. The molecule has 0 radical (unpaired) electrons. The van der Waals surface area contributed by atoms with Gasteiger partial charge in [-0.25, -0.2) is 0 Å². The van der Waals surface area contributed by atoms with E-state index >= 15 is 0 Å². The van der Waals surface area contributed by atoms with Crippen LogP contribution in [-0.4, -0.2) is 17.0 Å². The Hall–Kier alpha value is -4.58. The third kappa shape index (κ3) is 6.70. The van der Waals surface area contributed by atoms with Crippen LogP contribution in [0.4, 0.5) is 0 Å². The smallest absolute Gasteiger partial charge is 0.321 e. The predicted molar refractivity (Wildman–Crippen MR) is 154 cm³/mol. The zero-order valence-corrected chi connectivity index (χ0v) is 22.4. The van der Waals surface area contributed by atoms with Gasteiger partial charge in [-0.05, 0) is 71.1 Å². The molecule has 0 aromatic heterocycles. The Morgan fingerprint density at radius 3 is 1.95 bits per heavy atom. The quantitative estimate of drug-likeness (QED) is 0.0800. The lowest BCUT2D eigenvalue weighted by Gasteiger charge is -2.35. The highest BCUT2D eigenvalue weighted by molar-refractivity contribution is 5.94. The lowest BCUT2D eigenvalue weighted by atomic mass is 9.69. The Kier molecular flexibility index (Phi) is 8.76. The second-order valence-electron chi connectivity index (χ2n) is 10.0. The van der Waals surface area contributed by atoms with Gasteiger partial charge in [0.15, 0.2) is 0 Å². The zero-order valence-electron chi connectivity index (χ0n) is 22.4. The molecule has 0 atom stereocenters. The molecule has 0 saturated heterocycles. The number of phenolic OH excluding ortho intramolecular Hbond substituents is 1. The summed E-state index contributed by atoms with van der Waals surface area (Å²) >= 11 is 0. The third-order valence-corrected chi connectivity index (χ3v) is 7.27. The molecule has 0 amide bonds. The average Bonchev–Trinajstić information content (AvgIpc) is 3.01. The fourth-order valence-corrected chi connectivity index (χ4v) is 5.04. The summed E-state index contributed by atoms with van der Waals surface area (Å²) in [7, 11) is 0. The molecular formula is C34H33NO5. The first-order chi connectivity index (χ1) is 19.6. The highest BCUT2D eigenvalue weighted by Crippen LogP contribution is 2.41. The minimum absolute atomic E-state index is 0.179. The SMILES string of the molecule is O=C(Oc1ccc(C(=NOCc2ccccc2)OCc2ccccc2)cc1)C1(c2ccc(O)cc2)CCCCC1. The van der Waals surface area contributed by atoms with Gasteiger partial charge in [0.2, 0.25) is 0 Å². The van der Waals surface area contributed by atoms with Crippen LogP contribution in [0.5, 0.6) is 11.5 Å². The number of phenols is 1. The van der Waals surface area contributed by atoms with E-state index in [1.54, 1.807) is 24.3 Å². The summed E-state index contributed by atoms with van der Waals surface area (Å²) in [6.07, 6.45) is 4.45. The number of esters is 1. The zero-order chi connectivity index (χ0) is 27.6. The van der Waals surface area contributed by atoms with Crippen molar-refractivity contribution in [2.45, 2.75) is 50.7 Å². The van der Waals surface area contributed by atoms with Crippen molar-refractivity contribution < 1.29 is 24.2 Å². The Labute approximate surface area is 234 Å². The minimum Gasteiger partial charge on any atom is -0.508 e. The molecule has 0 aliphatic heterocycles. The van der Waals surface area contributed by atoms with Crippen molar-refractivity contribution in [3.63, 3.8) is 0 Å². The summed E-state index contributed by atoms with van der Waals surface area (Å²) < 4.78 is 12.0. The van der Waals surface area contributed by atoms with Crippen LogP contribution in [0.1, 0.15) is 54.4 Å².